The average Bonchev–Trinajstić information content (AvgIpc) is 3.57. The number of phenolic OH excluding ortho intramolecular Hbond substituents is 3. The van der Waals surface area contributed by atoms with Crippen LogP contribution in [-0.2, 0) is 9.47 Å². The molecule has 0 bridgehead atoms. The minimum Gasteiger partial charge on any atom is -0.508 e. The Morgan fingerprint density at radius 3 is 1.79 bits per heavy atom. The van der Waals surface area contributed by atoms with Crippen molar-refractivity contribution in [3.63, 3.8) is 0 Å². The number of phenols is 3. The van der Waals surface area contributed by atoms with Crippen LogP contribution in [0.1, 0.15) is 28.7 Å². The van der Waals surface area contributed by atoms with Gasteiger partial charge < -0.3 is 79.9 Å². The van der Waals surface area contributed by atoms with E-state index in [2.05, 4.69) is 0 Å². The van der Waals surface area contributed by atoms with Crippen molar-refractivity contribution in [3.05, 3.63) is 95.6 Å². The smallest absolute Gasteiger partial charge is 0.229 e. The van der Waals surface area contributed by atoms with Crippen molar-refractivity contribution in [3.8, 4) is 34.5 Å². The number of benzene rings is 5. The van der Waals surface area contributed by atoms with Gasteiger partial charge in [-0.1, -0.05) is 30.3 Å². The summed E-state index contributed by atoms with van der Waals surface area (Å²) in [5.41, 5.74) is 1.61. The molecule has 2 fully saturated rings. The van der Waals surface area contributed by atoms with Crippen LogP contribution >= 0.6 is 0 Å². The Balaban J connectivity index is 1.29. The number of fused-ring (bicyclic) bond motifs is 5. The number of hydrogen-bond acceptors (Lipinski definition) is 16. The first-order chi connectivity index (χ1) is 26.9. The van der Waals surface area contributed by atoms with Crippen LogP contribution in [-0.4, -0.2) is 131 Å². The third-order valence-corrected chi connectivity index (χ3v) is 10.6. The summed E-state index contributed by atoms with van der Waals surface area (Å²) in [5, 5.41) is 117. The fourth-order valence-corrected chi connectivity index (χ4v) is 7.77. The highest BCUT2D eigenvalue weighted by Crippen LogP contribution is 2.56. The van der Waals surface area contributed by atoms with Crippen molar-refractivity contribution in [2.24, 2.45) is 0 Å². The summed E-state index contributed by atoms with van der Waals surface area (Å²) in [6.07, 6.45) is -16.6. The summed E-state index contributed by atoms with van der Waals surface area (Å²) in [6.45, 7) is -1.36. The zero-order valence-electron chi connectivity index (χ0n) is 29.3. The minimum absolute atomic E-state index is 0.000300. The molecule has 0 radical (unpaired) electrons. The van der Waals surface area contributed by atoms with Gasteiger partial charge in [-0.2, -0.15) is 0 Å². The number of hydrogen-bond donors (Lipinski definition) is 11. The van der Waals surface area contributed by atoms with Gasteiger partial charge in [0.05, 0.1) is 19.1 Å². The number of aromatic hydroxyl groups is 3. The molecule has 3 aliphatic rings. The second kappa shape index (κ2) is 14.8. The van der Waals surface area contributed by atoms with E-state index in [-0.39, 0.29) is 34.5 Å². The summed E-state index contributed by atoms with van der Waals surface area (Å²) >= 11 is 0. The van der Waals surface area contributed by atoms with E-state index in [1.54, 1.807) is 36.4 Å². The molecule has 0 aromatic heterocycles. The molecule has 16 heteroatoms. The van der Waals surface area contributed by atoms with Crippen molar-refractivity contribution >= 4 is 21.5 Å². The van der Waals surface area contributed by atoms with Crippen LogP contribution in [0.3, 0.4) is 0 Å². The largest absolute Gasteiger partial charge is 0.508 e. The molecule has 2 saturated heterocycles. The second-order valence-corrected chi connectivity index (χ2v) is 14.2. The van der Waals surface area contributed by atoms with Crippen molar-refractivity contribution in [1.82, 2.24) is 0 Å². The van der Waals surface area contributed by atoms with Gasteiger partial charge in [0.15, 0.2) is 0 Å². The molecule has 11 N–H and O–H groups in total. The van der Waals surface area contributed by atoms with Crippen LogP contribution in [0, 0.1) is 0 Å². The van der Waals surface area contributed by atoms with E-state index in [1.807, 2.05) is 6.07 Å². The summed E-state index contributed by atoms with van der Waals surface area (Å²) in [5.74, 6) is -0.724. The predicted octanol–water partition coefficient (Wildman–Crippen LogP) is 0.733. The Hall–Kier alpha value is -4.98. The van der Waals surface area contributed by atoms with Crippen molar-refractivity contribution < 1.29 is 79.9 Å². The molecule has 5 aromatic rings. The van der Waals surface area contributed by atoms with Gasteiger partial charge in [0.25, 0.3) is 0 Å². The second-order valence-electron chi connectivity index (χ2n) is 14.2. The quantitative estimate of drug-likeness (QED) is 0.0970. The van der Waals surface area contributed by atoms with E-state index in [0.717, 1.165) is 0 Å². The van der Waals surface area contributed by atoms with E-state index < -0.39 is 86.6 Å². The maximum absolute atomic E-state index is 11.1. The Bertz CT molecular complexity index is 2230. The summed E-state index contributed by atoms with van der Waals surface area (Å²) < 4.78 is 30.1. The fourth-order valence-electron chi connectivity index (χ4n) is 7.77. The molecular formula is C40H40O16. The van der Waals surface area contributed by atoms with E-state index >= 15 is 0 Å². The fraction of sp³-hybridized carbons (Fsp3) is 0.350. The first-order valence-corrected chi connectivity index (χ1v) is 17.8. The van der Waals surface area contributed by atoms with Gasteiger partial charge in [-0.3, -0.25) is 0 Å². The number of aliphatic hydroxyl groups is 8. The topological polar surface area (TPSA) is 269 Å². The molecule has 3 aliphatic heterocycles. The summed E-state index contributed by atoms with van der Waals surface area (Å²) in [7, 11) is 0. The molecular weight excluding hydrogens is 736 g/mol. The van der Waals surface area contributed by atoms with Gasteiger partial charge in [0, 0.05) is 23.1 Å². The molecule has 0 saturated carbocycles. The molecule has 16 nitrogen and oxygen atoms in total. The average molecular weight is 777 g/mol. The standard InChI is InChI=1S/C40H40O16/c41-14-27-32(46)34(48)36(50)39(55-27)52-22-10-18(9-21(45)11-22)29-31-23-8-4-16-1-7-20(44)12-24(16)30(23)25(54-40-37(51)35(49)33(47)28(15-42)56-40)13-26(31)53-38(29)17-2-5-19(43)6-3-17/h1-13,27-29,32-51H,14-15H2/t27-,28+,29+,32-,33+,34+,35-,36-,37+,38-,39-,40+/m1/s1. The van der Waals surface area contributed by atoms with Gasteiger partial charge in [0.2, 0.25) is 12.6 Å². The third-order valence-electron chi connectivity index (χ3n) is 10.6. The monoisotopic (exact) mass is 776 g/mol. The van der Waals surface area contributed by atoms with Crippen molar-refractivity contribution in [1.29, 1.82) is 0 Å². The lowest BCUT2D eigenvalue weighted by Crippen LogP contribution is -2.60. The SMILES string of the molecule is OC[C@@H]1O[C@H](Oc2cc3c(c4ccc5ccc(O)cc5c24)[C@H](c2cc(O)cc(O[C@@H]4O[C@H](CO)[C@@H](O)[C@H](O)[C@H]4O)c2)[C@@H](c2ccc(O)cc2)O3)[C@@H](O)[C@H](O)[C@H]1O. The van der Waals surface area contributed by atoms with Crippen molar-refractivity contribution in [2.75, 3.05) is 13.2 Å². The maximum Gasteiger partial charge on any atom is 0.229 e. The highest BCUT2D eigenvalue weighted by atomic mass is 16.7. The maximum atomic E-state index is 11.1. The van der Waals surface area contributed by atoms with Crippen molar-refractivity contribution in [2.45, 2.75) is 73.4 Å². The molecule has 3 heterocycles. The first-order valence-electron chi connectivity index (χ1n) is 17.8. The summed E-state index contributed by atoms with van der Waals surface area (Å²) in [4.78, 5) is 0. The van der Waals surface area contributed by atoms with Crippen LogP contribution < -0.4 is 14.2 Å². The van der Waals surface area contributed by atoms with Crippen LogP contribution in [0.25, 0.3) is 21.5 Å². The van der Waals surface area contributed by atoms with Gasteiger partial charge in [-0.15, -0.1) is 0 Å². The third kappa shape index (κ3) is 6.58. The predicted molar refractivity (Wildman–Crippen MR) is 193 cm³/mol. The Morgan fingerprint density at radius 2 is 1.14 bits per heavy atom. The minimum atomic E-state index is -1.74. The highest BCUT2D eigenvalue weighted by molar-refractivity contribution is 6.13. The lowest BCUT2D eigenvalue weighted by atomic mass is 9.82. The number of rotatable bonds is 8. The molecule has 0 aliphatic carbocycles. The van der Waals surface area contributed by atoms with Crippen LogP contribution in [0.5, 0.6) is 34.5 Å². The molecule has 12 atom stereocenters. The molecule has 0 spiro atoms. The molecule has 56 heavy (non-hydrogen) atoms. The molecule has 0 unspecified atom stereocenters. The van der Waals surface area contributed by atoms with Crippen LogP contribution in [0.2, 0.25) is 0 Å². The highest BCUT2D eigenvalue weighted by Gasteiger charge is 2.47. The van der Waals surface area contributed by atoms with Crippen LogP contribution in [0.4, 0.5) is 0 Å². The lowest BCUT2D eigenvalue weighted by Gasteiger charge is -2.39. The molecule has 5 aromatic carbocycles. The van der Waals surface area contributed by atoms with Gasteiger partial charge in [0.1, 0.15) is 89.4 Å². The normalized spacial score (nSPS) is 31.6. The zero-order valence-corrected chi connectivity index (χ0v) is 29.3. The summed E-state index contributed by atoms with van der Waals surface area (Å²) in [6, 6.07) is 20.5. The van der Waals surface area contributed by atoms with E-state index in [1.165, 1.54) is 36.4 Å². The molecule has 0 amide bonds. The van der Waals surface area contributed by atoms with Crippen LogP contribution in [0.15, 0.2) is 78.9 Å². The Morgan fingerprint density at radius 1 is 0.536 bits per heavy atom. The lowest BCUT2D eigenvalue weighted by molar-refractivity contribution is -0.277. The van der Waals surface area contributed by atoms with Gasteiger partial charge >= 0.3 is 0 Å². The Labute approximate surface area is 317 Å². The number of aliphatic hydroxyl groups excluding tert-OH is 8. The molecule has 296 valence electrons. The van der Waals surface area contributed by atoms with E-state index in [4.69, 9.17) is 23.7 Å². The van der Waals surface area contributed by atoms with Gasteiger partial charge in [-0.25, -0.2) is 0 Å². The molecule has 8 rings (SSSR count). The van der Waals surface area contributed by atoms with Gasteiger partial charge in [-0.05, 0) is 63.7 Å². The first kappa shape index (κ1) is 37.9. The number of ether oxygens (including phenoxy) is 5. The zero-order chi connectivity index (χ0) is 39.6. The Kier molecular flexibility index (Phi) is 10.0. The van der Waals surface area contributed by atoms with E-state index in [9.17, 15) is 56.2 Å². The van der Waals surface area contributed by atoms with E-state index in [0.29, 0.717) is 38.2 Å².